The molecule has 3 rings (SSSR count). The summed E-state index contributed by atoms with van der Waals surface area (Å²) in [4.78, 5) is 14.3. The second kappa shape index (κ2) is 8.60. The number of ether oxygens (including phenoxy) is 2. The molecule has 0 aliphatic rings. The number of methoxy groups -OCH3 is 2. The SMILES string of the molecule is COc1cc(OC)c2cc(CCCNCc3ccc(C(=O)O)cc3)[nH]c2c1. The lowest BCUT2D eigenvalue weighted by Crippen LogP contribution is -2.15. The number of carboxylic acid groups (broad SMARTS) is 1. The normalized spacial score (nSPS) is 10.9. The Labute approximate surface area is 158 Å². The largest absolute Gasteiger partial charge is 0.497 e. The van der Waals surface area contributed by atoms with E-state index in [2.05, 4.69) is 16.4 Å². The zero-order valence-corrected chi connectivity index (χ0v) is 15.5. The number of aromatic amines is 1. The van der Waals surface area contributed by atoms with Gasteiger partial charge in [-0.05, 0) is 43.1 Å². The molecule has 0 spiro atoms. The third-order valence-corrected chi connectivity index (χ3v) is 4.51. The average Bonchev–Trinajstić information content (AvgIpc) is 3.10. The van der Waals surface area contributed by atoms with Crippen LogP contribution in [-0.4, -0.2) is 36.8 Å². The molecule has 0 saturated carbocycles. The third kappa shape index (κ3) is 4.60. The highest BCUT2D eigenvalue weighted by atomic mass is 16.5. The molecule has 6 heteroatoms. The summed E-state index contributed by atoms with van der Waals surface area (Å²) in [5, 5.41) is 13.4. The van der Waals surface area contributed by atoms with Gasteiger partial charge in [0.05, 0.1) is 25.3 Å². The summed E-state index contributed by atoms with van der Waals surface area (Å²) in [6.07, 6.45) is 1.91. The topological polar surface area (TPSA) is 83.6 Å². The van der Waals surface area contributed by atoms with Crippen molar-refractivity contribution >= 4 is 16.9 Å². The monoisotopic (exact) mass is 368 g/mol. The zero-order valence-electron chi connectivity index (χ0n) is 15.5. The fraction of sp³-hybridized carbons (Fsp3) is 0.286. The van der Waals surface area contributed by atoms with E-state index < -0.39 is 5.97 Å². The molecule has 0 radical (unpaired) electrons. The van der Waals surface area contributed by atoms with Gasteiger partial charge in [0.25, 0.3) is 0 Å². The Bertz CT molecular complexity index is 916. The van der Waals surface area contributed by atoms with Gasteiger partial charge >= 0.3 is 5.97 Å². The molecule has 1 heterocycles. The first-order chi connectivity index (χ1) is 13.1. The van der Waals surface area contributed by atoms with Crippen LogP contribution in [0.5, 0.6) is 11.5 Å². The van der Waals surface area contributed by atoms with Crippen LogP contribution in [0.15, 0.2) is 42.5 Å². The van der Waals surface area contributed by atoms with Crippen LogP contribution in [0.2, 0.25) is 0 Å². The van der Waals surface area contributed by atoms with Gasteiger partial charge < -0.3 is 24.9 Å². The van der Waals surface area contributed by atoms with Crippen LogP contribution in [0, 0.1) is 0 Å². The van der Waals surface area contributed by atoms with Crippen LogP contribution in [0.25, 0.3) is 10.9 Å². The molecule has 0 amide bonds. The number of aromatic carboxylic acids is 1. The van der Waals surface area contributed by atoms with Gasteiger partial charge in [0.1, 0.15) is 11.5 Å². The molecule has 1 aromatic heterocycles. The van der Waals surface area contributed by atoms with Gasteiger partial charge in [-0.2, -0.15) is 0 Å². The highest BCUT2D eigenvalue weighted by Crippen LogP contribution is 2.31. The van der Waals surface area contributed by atoms with E-state index >= 15 is 0 Å². The van der Waals surface area contributed by atoms with Crippen LogP contribution in [0.3, 0.4) is 0 Å². The summed E-state index contributed by atoms with van der Waals surface area (Å²) in [6.45, 7) is 1.59. The summed E-state index contributed by atoms with van der Waals surface area (Å²) in [7, 11) is 3.30. The summed E-state index contributed by atoms with van der Waals surface area (Å²) in [6, 6.07) is 12.9. The number of H-pyrrole nitrogens is 1. The molecule has 0 fully saturated rings. The number of hydrogen-bond donors (Lipinski definition) is 3. The standard InChI is InChI=1S/C21H24N2O4/c1-26-17-11-19-18(20(12-17)27-2)10-16(23-19)4-3-9-22-13-14-5-7-15(8-6-14)21(24)25/h5-8,10-12,22-23H,3-4,9,13H2,1-2H3,(H,24,25). The minimum atomic E-state index is -0.901. The first kappa shape index (κ1) is 18.8. The third-order valence-electron chi connectivity index (χ3n) is 4.51. The number of hydrogen-bond acceptors (Lipinski definition) is 4. The van der Waals surface area contributed by atoms with E-state index in [0.717, 1.165) is 59.6 Å². The van der Waals surface area contributed by atoms with Crippen molar-refractivity contribution in [2.24, 2.45) is 0 Å². The van der Waals surface area contributed by atoms with E-state index in [4.69, 9.17) is 14.6 Å². The van der Waals surface area contributed by atoms with Crippen molar-refractivity contribution in [2.75, 3.05) is 20.8 Å². The molecule has 0 bridgehead atoms. The predicted octanol–water partition coefficient (Wildman–Crippen LogP) is 3.61. The van der Waals surface area contributed by atoms with Crippen molar-refractivity contribution in [3.8, 4) is 11.5 Å². The van der Waals surface area contributed by atoms with Crippen molar-refractivity contribution in [1.29, 1.82) is 0 Å². The van der Waals surface area contributed by atoms with Crippen LogP contribution in [-0.2, 0) is 13.0 Å². The minimum Gasteiger partial charge on any atom is -0.497 e. The lowest BCUT2D eigenvalue weighted by atomic mass is 10.1. The Balaban J connectivity index is 1.51. The van der Waals surface area contributed by atoms with Crippen molar-refractivity contribution in [1.82, 2.24) is 10.3 Å². The van der Waals surface area contributed by atoms with E-state index in [1.54, 1.807) is 26.4 Å². The smallest absolute Gasteiger partial charge is 0.335 e. The molecule has 0 unspecified atom stereocenters. The number of fused-ring (bicyclic) bond motifs is 1. The number of aryl methyl sites for hydroxylation is 1. The molecule has 0 aliphatic heterocycles. The molecule has 27 heavy (non-hydrogen) atoms. The van der Waals surface area contributed by atoms with Gasteiger partial charge in [-0.1, -0.05) is 12.1 Å². The molecule has 3 N–H and O–H groups in total. The maximum absolute atomic E-state index is 10.9. The number of carbonyl (C=O) groups is 1. The number of carboxylic acids is 1. The quantitative estimate of drug-likeness (QED) is 0.503. The molecule has 0 atom stereocenters. The molecule has 2 aromatic carbocycles. The number of nitrogens with one attached hydrogen (secondary N) is 2. The molecule has 6 nitrogen and oxygen atoms in total. The highest BCUT2D eigenvalue weighted by molar-refractivity contribution is 5.88. The van der Waals surface area contributed by atoms with Crippen LogP contribution < -0.4 is 14.8 Å². The van der Waals surface area contributed by atoms with E-state index in [1.165, 1.54) is 0 Å². The zero-order chi connectivity index (χ0) is 19.2. The summed E-state index contributed by atoms with van der Waals surface area (Å²) >= 11 is 0. The number of benzene rings is 2. The van der Waals surface area contributed by atoms with Gasteiger partial charge in [0.2, 0.25) is 0 Å². The van der Waals surface area contributed by atoms with Crippen LogP contribution >= 0.6 is 0 Å². The van der Waals surface area contributed by atoms with E-state index in [-0.39, 0.29) is 0 Å². The van der Waals surface area contributed by atoms with Crippen molar-refractivity contribution in [2.45, 2.75) is 19.4 Å². The predicted molar refractivity (Wildman–Crippen MR) is 105 cm³/mol. The van der Waals surface area contributed by atoms with E-state index in [0.29, 0.717) is 5.56 Å². The molecular weight excluding hydrogens is 344 g/mol. The second-order valence-corrected chi connectivity index (χ2v) is 6.37. The minimum absolute atomic E-state index is 0.310. The van der Waals surface area contributed by atoms with Gasteiger partial charge in [-0.15, -0.1) is 0 Å². The molecule has 3 aromatic rings. The summed E-state index contributed by atoms with van der Waals surface area (Å²) in [5.74, 6) is 0.667. The fourth-order valence-electron chi connectivity index (χ4n) is 3.06. The van der Waals surface area contributed by atoms with Gasteiger partial charge in [-0.25, -0.2) is 4.79 Å². The second-order valence-electron chi connectivity index (χ2n) is 6.37. The Morgan fingerprint density at radius 1 is 1.11 bits per heavy atom. The van der Waals surface area contributed by atoms with Crippen molar-refractivity contribution in [3.63, 3.8) is 0 Å². The Hall–Kier alpha value is -2.99. The summed E-state index contributed by atoms with van der Waals surface area (Å²) < 4.78 is 10.8. The van der Waals surface area contributed by atoms with Crippen molar-refractivity contribution < 1.29 is 19.4 Å². The number of rotatable bonds is 9. The molecule has 0 aliphatic carbocycles. The van der Waals surface area contributed by atoms with E-state index in [1.807, 2.05) is 24.3 Å². The van der Waals surface area contributed by atoms with E-state index in [9.17, 15) is 4.79 Å². The molecule has 0 saturated heterocycles. The maximum atomic E-state index is 10.9. The lowest BCUT2D eigenvalue weighted by Gasteiger charge is -2.05. The first-order valence-corrected chi connectivity index (χ1v) is 8.87. The maximum Gasteiger partial charge on any atom is 0.335 e. The van der Waals surface area contributed by atoms with Gasteiger partial charge in [-0.3, -0.25) is 0 Å². The highest BCUT2D eigenvalue weighted by Gasteiger charge is 2.09. The Morgan fingerprint density at radius 3 is 2.56 bits per heavy atom. The molecular formula is C21H24N2O4. The number of aromatic nitrogens is 1. The Morgan fingerprint density at radius 2 is 1.89 bits per heavy atom. The van der Waals surface area contributed by atoms with Gasteiger partial charge in [0, 0.05) is 29.8 Å². The summed E-state index contributed by atoms with van der Waals surface area (Å²) in [5.41, 5.74) is 3.55. The Kier molecular flexibility index (Phi) is 5.98. The van der Waals surface area contributed by atoms with Crippen LogP contribution in [0.1, 0.15) is 28.0 Å². The first-order valence-electron chi connectivity index (χ1n) is 8.87. The van der Waals surface area contributed by atoms with Gasteiger partial charge in [0.15, 0.2) is 0 Å². The fourth-order valence-corrected chi connectivity index (χ4v) is 3.06. The van der Waals surface area contributed by atoms with Crippen LogP contribution in [0.4, 0.5) is 0 Å². The average molecular weight is 368 g/mol. The van der Waals surface area contributed by atoms with Crippen molar-refractivity contribution in [3.05, 3.63) is 59.3 Å². The lowest BCUT2D eigenvalue weighted by molar-refractivity contribution is 0.0697. The molecule has 142 valence electrons.